The molecule has 0 aliphatic carbocycles. The number of aryl methyl sites for hydroxylation is 1. The Labute approximate surface area is 126 Å². The molecule has 112 valence electrons. The first-order valence-electron chi connectivity index (χ1n) is 8.33. The predicted molar refractivity (Wildman–Crippen MR) is 82.9 cm³/mol. The fourth-order valence-electron chi connectivity index (χ4n) is 4.63. The molecule has 4 unspecified atom stereocenters. The van der Waals surface area contributed by atoms with E-state index < -0.39 is 0 Å². The van der Waals surface area contributed by atoms with Gasteiger partial charge in [-0.2, -0.15) is 0 Å². The molecule has 4 heterocycles. The fraction of sp³-hybridized carbons (Fsp3) is 0.611. The van der Waals surface area contributed by atoms with Crippen LogP contribution in [-0.4, -0.2) is 47.9 Å². The van der Waals surface area contributed by atoms with Crippen LogP contribution in [0, 0.1) is 11.8 Å². The van der Waals surface area contributed by atoms with Crippen molar-refractivity contribution in [2.45, 2.75) is 31.7 Å². The van der Waals surface area contributed by atoms with E-state index in [2.05, 4.69) is 34.1 Å². The van der Waals surface area contributed by atoms with Crippen LogP contribution in [0.2, 0.25) is 0 Å². The van der Waals surface area contributed by atoms with Crippen LogP contribution in [0.4, 0.5) is 0 Å². The lowest BCUT2D eigenvalue weighted by molar-refractivity contribution is -0.133. The first-order chi connectivity index (χ1) is 10.3. The first-order valence-corrected chi connectivity index (χ1v) is 8.33. The van der Waals surface area contributed by atoms with Gasteiger partial charge in [0, 0.05) is 38.6 Å². The molecule has 0 aromatic heterocycles. The maximum absolute atomic E-state index is 12.7. The Kier molecular flexibility index (Phi) is 3.46. The van der Waals surface area contributed by atoms with Crippen molar-refractivity contribution in [3.63, 3.8) is 0 Å². The number of piperidine rings is 2. The van der Waals surface area contributed by atoms with Crippen molar-refractivity contribution in [2.24, 2.45) is 11.8 Å². The molecule has 5 rings (SSSR count). The van der Waals surface area contributed by atoms with E-state index in [9.17, 15) is 4.79 Å². The van der Waals surface area contributed by atoms with Gasteiger partial charge in [-0.15, -0.1) is 0 Å². The average Bonchev–Trinajstić information content (AvgIpc) is 2.70. The third-order valence-electron chi connectivity index (χ3n) is 5.46. The summed E-state index contributed by atoms with van der Waals surface area (Å²) >= 11 is 0. The standard InChI is InChI=1S/C18H24N2O/c21-18(7-6-14-4-2-1-3-5-14)20-12-16-8-15-9-17(20)13-19(10-15)11-16/h1-5,15-17H,6-13H2. The highest BCUT2D eigenvalue weighted by Gasteiger charge is 2.42. The van der Waals surface area contributed by atoms with Gasteiger partial charge < -0.3 is 9.80 Å². The Morgan fingerprint density at radius 2 is 1.81 bits per heavy atom. The second-order valence-electron chi connectivity index (χ2n) is 7.11. The normalized spacial score (nSPS) is 34.0. The summed E-state index contributed by atoms with van der Waals surface area (Å²) < 4.78 is 0. The molecule has 1 aromatic carbocycles. The third kappa shape index (κ3) is 2.71. The molecule has 1 amide bonds. The molecule has 4 atom stereocenters. The van der Waals surface area contributed by atoms with E-state index in [1.165, 1.54) is 31.5 Å². The fourth-order valence-corrected chi connectivity index (χ4v) is 4.63. The lowest BCUT2D eigenvalue weighted by Crippen LogP contribution is -2.50. The van der Waals surface area contributed by atoms with Crippen molar-refractivity contribution in [3.8, 4) is 0 Å². The topological polar surface area (TPSA) is 23.6 Å². The Hall–Kier alpha value is -1.35. The van der Waals surface area contributed by atoms with Crippen LogP contribution < -0.4 is 0 Å². The third-order valence-corrected chi connectivity index (χ3v) is 5.46. The summed E-state index contributed by atoms with van der Waals surface area (Å²) in [4.78, 5) is 17.5. The van der Waals surface area contributed by atoms with Gasteiger partial charge in [0.25, 0.3) is 0 Å². The molecular weight excluding hydrogens is 260 g/mol. The zero-order valence-electron chi connectivity index (χ0n) is 12.6. The van der Waals surface area contributed by atoms with Crippen LogP contribution in [0.5, 0.6) is 0 Å². The number of carbonyl (C=O) groups is 1. The second kappa shape index (κ2) is 5.45. The van der Waals surface area contributed by atoms with E-state index in [0.717, 1.165) is 31.3 Å². The van der Waals surface area contributed by atoms with Crippen molar-refractivity contribution in [1.82, 2.24) is 9.80 Å². The zero-order chi connectivity index (χ0) is 14.2. The van der Waals surface area contributed by atoms with Crippen molar-refractivity contribution in [3.05, 3.63) is 35.9 Å². The van der Waals surface area contributed by atoms with E-state index in [1.54, 1.807) is 0 Å². The minimum Gasteiger partial charge on any atom is -0.338 e. The number of benzene rings is 1. The van der Waals surface area contributed by atoms with Crippen molar-refractivity contribution in [2.75, 3.05) is 26.2 Å². The summed E-state index contributed by atoms with van der Waals surface area (Å²) in [5.41, 5.74) is 1.27. The Bertz CT molecular complexity index is 501. The quantitative estimate of drug-likeness (QED) is 0.849. The molecule has 21 heavy (non-hydrogen) atoms. The van der Waals surface area contributed by atoms with Gasteiger partial charge in [0.1, 0.15) is 0 Å². The number of carbonyl (C=O) groups excluding carboxylic acids is 1. The van der Waals surface area contributed by atoms with Crippen LogP contribution in [0.3, 0.4) is 0 Å². The molecule has 0 spiro atoms. The molecule has 4 aliphatic heterocycles. The first kappa shape index (κ1) is 13.3. The largest absolute Gasteiger partial charge is 0.338 e. The summed E-state index contributed by atoms with van der Waals surface area (Å²) in [6.07, 6.45) is 4.12. The van der Waals surface area contributed by atoms with E-state index >= 15 is 0 Å². The molecule has 4 saturated heterocycles. The van der Waals surface area contributed by atoms with Crippen LogP contribution in [0.25, 0.3) is 0 Å². The SMILES string of the molecule is O=C(CCc1ccccc1)N1CC2CC3CC1CN(C3)C2. The Morgan fingerprint density at radius 1 is 1.00 bits per heavy atom. The molecule has 0 radical (unpaired) electrons. The number of hydrogen-bond acceptors (Lipinski definition) is 2. The molecule has 0 saturated carbocycles. The number of hydrogen-bond donors (Lipinski definition) is 0. The number of nitrogens with zero attached hydrogens (tertiary/aromatic N) is 2. The van der Waals surface area contributed by atoms with Gasteiger partial charge in [0.05, 0.1) is 0 Å². The van der Waals surface area contributed by atoms with Crippen molar-refractivity contribution in [1.29, 1.82) is 0 Å². The van der Waals surface area contributed by atoms with E-state index in [1.807, 2.05) is 6.07 Å². The highest BCUT2D eigenvalue weighted by molar-refractivity contribution is 5.77. The molecule has 0 N–H and O–H groups in total. The van der Waals surface area contributed by atoms with E-state index in [4.69, 9.17) is 0 Å². The maximum Gasteiger partial charge on any atom is 0.223 e. The minimum atomic E-state index is 0.373. The van der Waals surface area contributed by atoms with Gasteiger partial charge in [-0.05, 0) is 36.7 Å². The van der Waals surface area contributed by atoms with Gasteiger partial charge in [0.15, 0.2) is 0 Å². The summed E-state index contributed by atoms with van der Waals surface area (Å²) in [5.74, 6) is 1.93. The zero-order valence-corrected chi connectivity index (χ0v) is 12.6. The molecule has 4 aliphatic rings. The summed E-state index contributed by atoms with van der Waals surface area (Å²) in [6, 6.07) is 10.9. The van der Waals surface area contributed by atoms with Crippen LogP contribution in [-0.2, 0) is 11.2 Å². The second-order valence-corrected chi connectivity index (χ2v) is 7.11. The van der Waals surface area contributed by atoms with Crippen LogP contribution in [0.15, 0.2) is 30.3 Å². The molecule has 1 aromatic rings. The molecular formula is C18H24N2O. The van der Waals surface area contributed by atoms with Crippen molar-refractivity contribution < 1.29 is 4.79 Å². The van der Waals surface area contributed by atoms with Gasteiger partial charge in [-0.3, -0.25) is 4.79 Å². The highest BCUT2D eigenvalue weighted by Crippen LogP contribution is 2.36. The molecule has 3 nitrogen and oxygen atoms in total. The maximum atomic E-state index is 12.7. The number of fused-ring (bicyclic) bond motifs is 1. The molecule has 4 fully saturated rings. The van der Waals surface area contributed by atoms with Gasteiger partial charge in [0.2, 0.25) is 5.91 Å². The molecule has 4 bridgehead atoms. The van der Waals surface area contributed by atoms with Gasteiger partial charge in [-0.1, -0.05) is 30.3 Å². The van der Waals surface area contributed by atoms with Gasteiger partial charge in [-0.25, -0.2) is 0 Å². The van der Waals surface area contributed by atoms with E-state index in [-0.39, 0.29) is 0 Å². The Morgan fingerprint density at radius 3 is 2.62 bits per heavy atom. The smallest absolute Gasteiger partial charge is 0.223 e. The van der Waals surface area contributed by atoms with E-state index in [0.29, 0.717) is 18.4 Å². The number of amides is 1. The highest BCUT2D eigenvalue weighted by atomic mass is 16.2. The average molecular weight is 284 g/mol. The lowest BCUT2D eigenvalue weighted by Gasteiger charge is -2.41. The summed E-state index contributed by atoms with van der Waals surface area (Å²) in [5, 5.41) is 0. The van der Waals surface area contributed by atoms with Gasteiger partial charge >= 0.3 is 0 Å². The van der Waals surface area contributed by atoms with Crippen LogP contribution >= 0.6 is 0 Å². The minimum absolute atomic E-state index is 0.373. The molecule has 3 heteroatoms. The van der Waals surface area contributed by atoms with Crippen LogP contribution in [0.1, 0.15) is 24.8 Å². The number of rotatable bonds is 3. The summed E-state index contributed by atoms with van der Waals surface area (Å²) in [6.45, 7) is 4.61. The lowest BCUT2D eigenvalue weighted by atomic mass is 9.84. The monoisotopic (exact) mass is 284 g/mol. The Balaban J connectivity index is 1.42. The van der Waals surface area contributed by atoms with Crippen molar-refractivity contribution >= 4 is 5.91 Å². The predicted octanol–water partition coefficient (Wildman–Crippen LogP) is 2.17. The summed E-state index contributed by atoms with van der Waals surface area (Å²) in [7, 11) is 0.